The lowest BCUT2D eigenvalue weighted by atomic mass is 10.1. The van der Waals surface area contributed by atoms with Crippen LogP contribution in [0.5, 0.6) is 5.75 Å². The van der Waals surface area contributed by atoms with Gasteiger partial charge in [-0.05, 0) is 18.8 Å². The fraction of sp³-hybridized carbons (Fsp3) is 0.235. The topological polar surface area (TPSA) is 88.5 Å². The molecule has 1 saturated carbocycles. The normalized spacial score (nSPS) is 15.5. The van der Waals surface area contributed by atoms with Gasteiger partial charge < -0.3 is 10.2 Å². The Morgan fingerprint density at radius 2 is 2.04 bits per heavy atom. The third-order valence-corrected chi connectivity index (χ3v) is 5.87. The van der Waals surface area contributed by atoms with Crippen molar-refractivity contribution in [1.82, 2.24) is 24.4 Å². The third kappa shape index (κ3) is 2.60. The Bertz CT molecular complexity index is 1160. The van der Waals surface area contributed by atoms with Gasteiger partial charge in [0.05, 0.1) is 18.1 Å². The summed E-state index contributed by atoms with van der Waals surface area (Å²) in [6.07, 6.45) is 5.77. The van der Waals surface area contributed by atoms with Crippen LogP contribution >= 0.6 is 11.3 Å². The van der Waals surface area contributed by atoms with Gasteiger partial charge in [0, 0.05) is 17.0 Å². The Morgan fingerprint density at radius 1 is 1.22 bits per heavy atom. The first kappa shape index (κ1) is 16.3. The smallest absolute Gasteiger partial charge is 0.167 e. The predicted octanol–water partition coefficient (Wildman–Crippen LogP) is 2.92. The van der Waals surface area contributed by atoms with Crippen molar-refractivity contribution in [3.05, 3.63) is 58.8 Å². The van der Waals surface area contributed by atoms with Gasteiger partial charge in [-0.3, -0.25) is 4.40 Å². The molecule has 27 heavy (non-hydrogen) atoms. The third-order valence-electron chi connectivity index (χ3n) is 4.59. The summed E-state index contributed by atoms with van der Waals surface area (Å²) in [5, 5.41) is 27.9. The van der Waals surface area contributed by atoms with Crippen LogP contribution in [0.15, 0.2) is 30.9 Å². The van der Waals surface area contributed by atoms with Gasteiger partial charge in [0.1, 0.15) is 28.6 Å². The second-order valence-corrected chi connectivity index (χ2v) is 7.54. The highest BCUT2D eigenvalue weighted by Crippen LogP contribution is 2.47. The lowest BCUT2D eigenvalue weighted by Crippen LogP contribution is -2.06. The zero-order chi connectivity index (χ0) is 18.7. The molecule has 1 unspecified atom stereocenters. The molecular formula is C17H13F2N5O2S. The molecule has 138 valence electrons. The Balaban J connectivity index is 1.56. The maximum Gasteiger partial charge on any atom is 0.167 e. The molecule has 1 fully saturated rings. The highest BCUT2D eigenvalue weighted by molar-refractivity contribution is 7.17. The Kier molecular flexibility index (Phi) is 3.52. The lowest BCUT2D eigenvalue weighted by Gasteiger charge is -2.09. The minimum Gasteiger partial charge on any atom is -0.505 e. The summed E-state index contributed by atoms with van der Waals surface area (Å²) < 4.78 is 30.5. The number of hydrogen-bond acceptors (Lipinski definition) is 6. The number of nitrogens with zero attached hydrogens (tertiary/aromatic N) is 5. The van der Waals surface area contributed by atoms with Crippen molar-refractivity contribution < 1.29 is 19.0 Å². The SMILES string of the molecule is Oc1cc(F)c(-n2cc(C(O)c3c(C4CC4)sc4cncn34)nn2)cc1F. The highest BCUT2D eigenvalue weighted by atomic mass is 32.1. The van der Waals surface area contributed by atoms with Crippen LogP contribution in [0, 0.1) is 11.6 Å². The molecule has 1 aliphatic carbocycles. The molecule has 0 amide bonds. The number of rotatable bonds is 4. The van der Waals surface area contributed by atoms with Gasteiger partial charge in [-0.25, -0.2) is 18.4 Å². The van der Waals surface area contributed by atoms with Crippen LogP contribution in [-0.4, -0.2) is 34.6 Å². The quantitative estimate of drug-likeness (QED) is 0.560. The van der Waals surface area contributed by atoms with Crippen LogP contribution in [-0.2, 0) is 0 Å². The standard InChI is InChI=1S/C17H13F2N5O2S/c18-9-4-13(25)10(19)3-12(9)24-6-11(21-22-24)16(26)15-17(8-1-2-8)27-14-5-20-7-23(14)15/h3-8,16,25-26H,1-2H2. The number of thiazole rings is 1. The van der Waals surface area contributed by atoms with Crippen molar-refractivity contribution in [3.63, 3.8) is 0 Å². The Labute approximate surface area is 155 Å². The summed E-state index contributed by atoms with van der Waals surface area (Å²) in [7, 11) is 0. The molecule has 1 aromatic carbocycles. The minimum absolute atomic E-state index is 0.207. The van der Waals surface area contributed by atoms with E-state index in [1.165, 1.54) is 6.20 Å². The number of phenols is 1. The Hall–Kier alpha value is -2.85. The van der Waals surface area contributed by atoms with Crippen molar-refractivity contribution in [2.75, 3.05) is 0 Å². The first-order chi connectivity index (χ1) is 13.0. The van der Waals surface area contributed by atoms with Crippen molar-refractivity contribution in [2.24, 2.45) is 0 Å². The molecule has 2 N–H and O–H groups in total. The van der Waals surface area contributed by atoms with Crippen LogP contribution in [0.3, 0.4) is 0 Å². The number of imidazole rings is 1. The van der Waals surface area contributed by atoms with E-state index in [0.717, 1.165) is 33.3 Å². The Morgan fingerprint density at radius 3 is 2.81 bits per heavy atom. The number of aliphatic hydroxyl groups excluding tert-OH is 1. The molecule has 0 bridgehead atoms. The van der Waals surface area contributed by atoms with E-state index in [2.05, 4.69) is 15.3 Å². The molecule has 3 heterocycles. The summed E-state index contributed by atoms with van der Waals surface area (Å²) in [6.45, 7) is 0. The second kappa shape index (κ2) is 5.83. The predicted molar refractivity (Wildman–Crippen MR) is 92.0 cm³/mol. The van der Waals surface area contributed by atoms with Crippen LogP contribution in [0.25, 0.3) is 10.5 Å². The second-order valence-electron chi connectivity index (χ2n) is 6.47. The van der Waals surface area contributed by atoms with Gasteiger partial charge in [-0.15, -0.1) is 16.4 Å². The fourth-order valence-electron chi connectivity index (χ4n) is 3.09. The minimum atomic E-state index is -1.08. The van der Waals surface area contributed by atoms with E-state index in [1.807, 2.05) is 4.40 Å². The monoisotopic (exact) mass is 389 g/mol. The van der Waals surface area contributed by atoms with Gasteiger partial charge in [-0.2, -0.15) is 0 Å². The highest BCUT2D eigenvalue weighted by Gasteiger charge is 2.33. The molecule has 1 aliphatic rings. The fourth-order valence-corrected chi connectivity index (χ4v) is 4.39. The van der Waals surface area contributed by atoms with E-state index in [9.17, 15) is 19.0 Å². The molecule has 5 rings (SSSR count). The van der Waals surface area contributed by atoms with E-state index in [4.69, 9.17) is 0 Å². The average Bonchev–Trinajstić information content (AvgIpc) is 3.06. The lowest BCUT2D eigenvalue weighted by molar-refractivity contribution is 0.208. The molecular weight excluding hydrogens is 376 g/mol. The van der Waals surface area contributed by atoms with Gasteiger partial charge >= 0.3 is 0 Å². The zero-order valence-corrected chi connectivity index (χ0v) is 14.6. The zero-order valence-electron chi connectivity index (χ0n) is 13.8. The van der Waals surface area contributed by atoms with Crippen molar-refractivity contribution in [1.29, 1.82) is 0 Å². The number of aliphatic hydroxyl groups is 1. The van der Waals surface area contributed by atoms with Gasteiger partial charge in [-0.1, -0.05) is 5.21 Å². The maximum absolute atomic E-state index is 14.1. The number of benzene rings is 1. The van der Waals surface area contributed by atoms with E-state index >= 15 is 0 Å². The van der Waals surface area contributed by atoms with Crippen LogP contribution in [0.1, 0.15) is 41.1 Å². The number of aromatic hydroxyl groups is 1. The summed E-state index contributed by atoms with van der Waals surface area (Å²) in [5.74, 6) is -2.20. The number of aromatic nitrogens is 5. The number of phenolic OH excluding ortho intramolecular Hbond substituents is 1. The van der Waals surface area contributed by atoms with Crippen LogP contribution in [0.4, 0.5) is 8.78 Å². The summed E-state index contributed by atoms with van der Waals surface area (Å²) >= 11 is 1.58. The molecule has 0 saturated heterocycles. The van der Waals surface area contributed by atoms with Crippen LogP contribution < -0.4 is 0 Å². The van der Waals surface area contributed by atoms with Gasteiger partial charge in [0.25, 0.3) is 0 Å². The average molecular weight is 389 g/mol. The molecule has 1 atom stereocenters. The summed E-state index contributed by atoms with van der Waals surface area (Å²) in [4.78, 5) is 6.11. The first-order valence-corrected chi connectivity index (χ1v) is 9.08. The summed E-state index contributed by atoms with van der Waals surface area (Å²) in [5.41, 5.74) is 0.675. The van der Waals surface area contributed by atoms with Crippen molar-refractivity contribution >= 4 is 16.2 Å². The van der Waals surface area contributed by atoms with E-state index in [1.54, 1.807) is 23.9 Å². The molecule has 3 aromatic heterocycles. The number of fused-ring (bicyclic) bond motifs is 1. The van der Waals surface area contributed by atoms with E-state index < -0.39 is 23.5 Å². The van der Waals surface area contributed by atoms with Crippen molar-refractivity contribution in [3.8, 4) is 11.4 Å². The first-order valence-electron chi connectivity index (χ1n) is 8.26. The van der Waals surface area contributed by atoms with Gasteiger partial charge in [0.2, 0.25) is 0 Å². The molecule has 10 heteroatoms. The van der Waals surface area contributed by atoms with Gasteiger partial charge in [0.15, 0.2) is 17.4 Å². The molecule has 7 nitrogen and oxygen atoms in total. The van der Waals surface area contributed by atoms with E-state index in [-0.39, 0.29) is 11.4 Å². The van der Waals surface area contributed by atoms with E-state index in [0.29, 0.717) is 17.7 Å². The van der Waals surface area contributed by atoms with Crippen molar-refractivity contribution in [2.45, 2.75) is 24.9 Å². The summed E-state index contributed by atoms with van der Waals surface area (Å²) in [6, 6.07) is 1.49. The molecule has 4 aromatic rings. The largest absolute Gasteiger partial charge is 0.505 e. The molecule has 0 aliphatic heterocycles. The number of hydrogen-bond donors (Lipinski definition) is 2. The van der Waals surface area contributed by atoms with Crippen LogP contribution in [0.2, 0.25) is 0 Å². The number of halogens is 2. The maximum atomic E-state index is 14.1. The molecule has 0 spiro atoms. The molecule has 0 radical (unpaired) electrons.